The maximum Gasteiger partial charge on any atom is 0.230 e. The number of pyridine rings is 1. The Morgan fingerprint density at radius 3 is 2.85 bits per heavy atom. The van der Waals surface area contributed by atoms with Crippen molar-refractivity contribution in [1.82, 2.24) is 15.3 Å². The van der Waals surface area contributed by atoms with Gasteiger partial charge in [0.1, 0.15) is 5.82 Å². The predicted molar refractivity (Wildman–Crippen MR) is 112 cm³/mol. The third kappa shape index (κ3) is 4.59. The van der Waals surface area contributed by atoms with Gasteiger partial charge in [-0.3, -0.25) is 4.79 Å². The topological polar surface area (TPSA) is 58.1 Å². The molecule has 0 aliphatic carbocycles. The standard InChI is InChI=1S/C20H22N4OS2/c25-18(14-26-20-23-16-8-2-3-9-17(16)27-20)22-13-15-7-6-10-21-19(15)24-11-4-1-5-12-24/h2-3,6-10H,1,4-5,11-14H2,(H,22,25). The van der Waals surface area contributed by atoms with Crippen molar-refractivity contribution < 1.29 is 4.79 Å². The van der Waals surface area contributed by atoms with Gasteiger partial charge in [-0.2, -0.15) is 0 Å². The number of amides is 1. The molecule has 1 amide bonds. The molecule has 4 rings (SSSR count). The van der Waals surface area contributed by atoms with Crippen molar-refractivity contribution in [1.29, 1.82) is 0 Å². The molecule has 1 saturated heterocycles. The first-order chi connectivity index (χ1) is 13.3. The van der Waals surface area contributed by atoms with Crippen molar-refractivity contribution in [3.05, 3.63) is 48.2 Å². The summed E-state index contributed by atoms with van der Waals surface area (Å²) in [7, 11) is 0. The number of anilines is 1. The van der Waals surface area contributed by atoms with Crippen LogP contribution in [-0.2, 0) is 11.3 Å². The van der Waals surface area contributed by atoms with Gasteiger partial charge in [0.15, 0.2) is 4.34 Å². The highest BCUT2D eigenvalue weighted by Crippen LogP contribution is 2.29. The van der Waals surface area contributed by atoms with E-state index in [-0.39, 0.29) is 5.91 Å². The van der Waals surface area contributed by atoms with Crippen molar-refractivity contribution in [3.63, 3.8) is 0 Å². The molecule has 2 aromatic heterocycles. The van der Waals surface area contributed by atoms with E-state index in [1.54, 1.807) is 11.3 Å². The Morgan fingerprint density at radius 2 is 2.00 bits per heavy atom. The minimum absolute atomic E-state index is 0.0210. The fraction of sp³-hybridized carbons (Fsp3) is 0.350. The molecule has 1 fully saturated rings. The summed E-state index contributed by atoms with van der Waals surface area (Å²) < 4.78 is 2.09. The van der Waals surface area contributed by atoms with Crippen LogP contribution in [0.25, 0.3) is 10.2 Å². The Hall–Kier alpha value is -2.12. The summed E-state index contributed by atoms with van der Waals surface area (Å²) in [5.41, 5.74) is 2.07. The van der Waals surface area contributed by atoms with Gasteiger partial charge in [0, 0.05) is 31.4 Å². The Bertz CT molecular complexity index is 888. The van der Waals surface area contributed by atoms with Crippen LogP contribution in [0.4, 0.5) is 5.82 Å². The molecule has 0 unspecified atom stereocenters. The summed E-state index contributed by atoms with van der Waals surface area (Å²) in [6.45, 7) is 2.61. The van der Waals surface area contributed by atoms with Gasteiger partial charge >= 0.3 is 0 Å². The maximum atomic E-state index is 12.3. The SMILES string of the molecule is O=C(CSc1nc2ccccc2s1)NCc1cccnc1N1CCCCC1. The van der Waals surface area contributed by atoms with Crippen LogP contribution in [-0.4, -0.2) is 34.7 Å². The molecule has 0 spiro atoms. The van der Waals surface area contributed by atoms with E-state index in [0.29, 0.717) is 12.3 Å². The number of hydrogen-bond acceptors (Lipinski definition) is 6. The predicted octanol–water partition coefficient (Wildman–Crippen LogP) is 4.09. The van der Waals surface area contributed by atoms with Crippen LogP contribution in [0.3, 0.4) is 0 Å². The van der Waals surface area contributed by atoms with Crippen LogP contribution in [0.2, 0.25) is 0 Å². The lowest BCUT2D eigenvalue weighted by molar-refractivity contribution is -0.118. The molecule has 1 aromatic carbocycles. The second kappa shape index (κ2) is 8.71. The minimum Gasteiger partial charge on any atom is -0.356 e. The molecule has 140 valence electrons. The normalized spacial score (nSPS) is 14.4. The van der Waals surface area contributed by atoms with E-state index in [2.05, 4.69) is 32.3 Å². The number of para-hydroxylation sites is 1. The number of nitrogens with one attached hydrogen (secondary N) is 1. The fourth-order valence-corrected chi connectivity index (χ4v) is 5.14. The molecule has 0 atom stereocenters. The molecular weight excluding hydrogens is 376 g/mol. The van der Waals surface area contributed by atoms with E-state index in [1.807, 2.05) is 30.5 Å². The Labute approximate surface area is 167 Å². The van der Waals surface area contributed by atoms with Crippen LogP contribution in [0.1, 0.15) is 24.8 Å². The van der Waals surface area contributed by atoms with Gasteiger partial charge in [-0.05, 0) is 37.5 Å². The van der Waals surface area contributed by atoms with Gasteiger partial charge in [-0.15, -0.1) is 11.3 Å². The van der Waals surface area contributed by atoms with E-state index in [0.717, 1.165) is 39.0 Å². The molecule has 27 heavy (non-hydrogen) atoms. The number of thiazole rings is 1. The number of aromatic nitrogens is 2. The molecule has 0 radical (unpaired) electrons. The van der Waals surface area contributed by atoms with Crippen molar-refractivity contribution in [2.75, 3.05) is 23.7 Å². The van der Waals surface area contributed by atoms with E-state index in [4.69, 9.17) is 0 Å². The van der Waals surface area contributed by atoms with E-state index in [1.165, 1.54) is 31.0 Å². The Kier molecular flexibility index (Phi) is 5.89. The van der Waals surface area contributed by atoms with Crippen LogP contribution in [0.15, 0.2) is 46.9 Å². The zero-order chi connectivity index (χ0) is 18.5. The summed E-state index contributed by atoms with van der Waals surface area (Å²) in [6.07, 6.45) is 5.54. The van der Waals surface area contributed by atoms with Gasteiger partial charge in [0.25, 0.3) is 0 Å². The average molecular weight is 399 g/mol. The van der Waals surface area contributed by atoms with Crippen molar-refractivity contribution in [3.8, 4) is 0 Å². The van der Waals surface area contributed by atoms with Gasteiger partial charge < -0.3 is 10.2 Å². The Morgan fingerprint density at radius 1 is 1.15 bits per heavy atom. The van der Waals surface area contributed by atoms with Gasteiger partial charge in [-0.1, -0.05) is 30.0 Å². The zero-order valence-corrected chi connectivity index (χ0v) is 16.7. The highest BCUT2D eigenvalue weighted by Gasteiger charge is 2.16. The summed E-state index contributed by atoms with van der Waals surface area (Å²) in [6, 6.07) is 12.0. The number of carbonyl (C=O) groups excluding carboxylic acids is 1. The maximum absolute atomic E-state index is 12.3. The monoisotopic (exact) mass is 398 g/mol. The van der Waals surface area contributed by atoms with Crippen molar-refractivity contribution in [2.24, 2.45) is 0 Å². The minimum atomic E-state index is 0.0210. The van der Waals surface area contributed by atoms with Crippen LogP contribution in [0.5, 0.6) is 0 Å². The molecule has 1 aliphatic rings. The van der Waals surface area contributed by atoms with Crippen molar-refractivity contribution >= 4 is 45.0 Å². The van der Waals surface area contributed by atoms with Gasteiger partial charge in [0.05, 0.1) is 16.0 Å². The molecule has 3 heterocycles. The number of rotatable bonds is 6. The second-order valence-electron chi connectivity index (χ2n) is 6.55. The van der Waals surface area contributed by atoms with Crippen LogP contribution < -0.4 is 10.2 Å². The number of piperidine rings is 1. The largest absolute Gasteiger partial charge is 0.356 e. The van der Waals surface area contributed by atoms with E-state index < -0.39 is 0 Å². The molecular formula is C20H22N4OS2. The lowest BCUT2D eigenvalue weighted by Gasteiger charge is -2.29. The molecule has 1 aliphatic heterocycles. The summed E-state index contributed by atoms with van der Waals surface area (Å²) in [5, 5.41) is 3.03. The van der Waals surface area contributed by atoms with Gasteiger partial charge in [0.2, 0.25) is 5.91 Å². The first-order valence-corrected chi connectivity index (χ1v) is 11.0. The third-order valence-electron chi connectivity index (χ3n) is 4.60. The van der Waals surface area contributed by atoms with E-state index in [9.17, 15) is 4.79 Å². The van der Waals surface area contributed by atoms with Crippen LogP contribution >= 0.6 is 23.1 Å². The molecule has 1 N–H and O–H groups in total. The smallest absolute Gasteiger partial charge is 0.230 e. The number of hydrogen-bond donors (Lipinski definition) is 1. The highest BCUT2D eigenvalue weighted by atomic mass is 32.2. The summed E-state index contributed by atoms with van der Waals surface area (Å²) in [5.74, 6) is 1.41. The molecule has 0 bridgehead atoms. The summed E-state index contributed by atoms with van der Waals surface area (Å²) >= 11 is 3.12. The van der Waals surface area contributed by atoms with E-state index >= 15 is 0 Å². The van der Waals surface area contributed by atoms with Crippen molar-refractivity contribution in [2.45, 2.75) is 30.1 Å². The third-order valence-corrected chi connectivity index (χ3v) is 6.78. The first-order valence-electron chi connectivity index (χ1n) is 9.23. The molecule has 0 saturated carbocycles. The average Bonchev–Trinajstić information content (AvgIpc) is 3.15. The number of nitrogens with zero attached hydrogens (tertiary/aromatic N) is 3. The number of carbonyl (C=O) groups is 1. The lowest BCUT2D eigenvalue weighted by atomic mass is 10.1. The zero-order valence-electron chi connectivity index (χ0n) is 15.1. The summed E-state index contributed by atoms with van der Waals surface area (Å²) in [4.78, 5) is 23.8. The fourth-order valence-electron chi connectivity index (χ4n) is 3.24. The molecule has 7 heteroatoms. The highest BCUT2D eigenvalue weighted by molar-refractivity contribution is 8.01. The molecule has 5 nitrogen and oxygen atoms in total. The number of fused-ring (bicyclic) bond motifs is 1. The second-order valence-corrected chi connectivity index (χ2v) is 8.80. The first kappa shape index (κ1) is 18.3. The van der Waals surface area contributed by atoms with Crippen LogP contribution in [0, 0.1) is 0 Å². The number of benzene rings is 1. The molecule has 3 aromatic rings. The lowest BCUT2D eigenvalue weighted by Crippen LogP contribution is -2.32. The Balaban J connectivity index is 1.32. The number of thioether (sulfide) groups is 1. The van der Waals surface area contributed by atoms with Gasteiger partial charge in [-0.25, -0.2) is 9.97 Å². The quantitative estimate of drug-likeness (QED) is 0.634.